The number of halogens is 4. The van der Waals surface area contributed by atoms with E-state index in [9.17, 15) is 27.9 Å². The molecule has 1 aliphatic heterocycles. The van der Waals surface area contributed by atoms with E-state index in [-0.39, 0.29) is 30.1 Å². The van der Waals surface area contributed by atoms with Gasteiger partial charge >= 0.3 is 12.1 Å². The summed E-state index contributed by atoms with van der Waals surface area (Å²) in [5.41, 5.74) is 3.87. The Morgan fingerprint density at radius 1 is 0.981 bits per heavy atom. The number of carboxylic acids is 1. The van der Waals surface area contributed by atoms with Gasteiger partial charge in [-0.15, -0.1) is 0 Å². The number of amides is 1. The van der Waals surface area contributed by atoms with Crippen molar-refractivity contribution in [3.05, 3.63) is 81.6 Å². The number of ether oxygens (including phenoxy) is 2. The van der Waals surface area contributed by atoms with Crippen molar-refractivity contribution in [2.45, 2.75) is 56.7 Å². The van der Waals surface area contributed by atoms with Crippen LogP contribution in [0.2, 0.25) is 5.02 Å². The summed E-state index contributed by atoms with van der Waals surface area (Å²) in [6, 6.07) is 14.2. The van der Waals surface area contributed by atoms with Crippen LogP contribution in [0.5, 0.6) is 11.8 Å². The van der Waals surface area contributed by atoms with Gasteiger partial charge in [0.1, 0.15) is 11.8 Å². The number of hydrogen-bond acceptors (Lipinski definition) is 11. The van der Waals surface area contributed by atoms with Gasteiger partial charge in [0, 0.05) is 48.8 Å². The van der Waals surface area contributed by atoms with Gasteiger partial charge in [-0.25, -0.2) is 9.97 Å². The highest BCUT2D eigenvalue weighted by Crippen LogP contribution is 2.44. The molecule has 0 saturated carbocycles. The van der Waals surface area contributed by atoms with E-state index in [0.29, 0.717) is 54.5 Å². The SMILES string of the molecule is COc1nc(-c2cccc(-c3cccc4c3CC[C@@H]4Nc3nc(OC)c(CNCC(=O)O)nc3C(F)(F)F)c2Cl)ccc1CNC[C@@H]1CC(O)C(=O)N1. The first kappa shape index (κ1) is 37.7. The second-order valence-electron chi connectivity index (χ2n) is 12.6. The first-order chi connectivity index (χ1) is 25.4. The fraction of sp³-hybridized carbons (Fsp3) is 0.361. The topological polar surface area (TPSA) is 180 Å². The largest absolute Gasteiger partial charge is 0.481 e. The van der Waals surface area contributed by atoms with Crippen LogP contribution in [0.3, 0.4) is 0 Å². The highest BCUT2D eigenvalue weighted by atomic mass is 35.5. The number of fused-ring (bicyclic) bond motifs is 1. The lowest BCUT2D eigenvalue weighted by Gasteiger charge is -2.20. The fourth-order valence-electron chi connectivity index (χ4n) is 6.66. The van der Waals surface area contributed by atoms with E-state index in [0.717, 1.165) is 27.8 Å². The van der Waals surface area contributed by atoms with E-state index in [4.69, 9.17) is 31.2 Å². The number of aromatic nitrogens is 3. The van der Waals surface area contributed by atoms with Crippen molar-refractivity contribution >= 4 is 29.3 Å². The molecule has 2 aliphatic rings. The molecule has 280 valence electrons. The molecule has 3 heterocycles. The van der Waals surface area contributed by atoms with Crippen LogP contribution < -0.4 is 30.7 Å². The van der Waals surface area contributed by atoms with Crippen LogP contribution in [-0.4, -0.2) is 76.5 Å². The quantitative estimate of drug-likeness (QED) is 0.106. The summed E-state index contributed by atoms with van der Waals surface area (Å²) >= 11 is 7.07. The molecule has 3 atom stereocenters. The maximum absolute atomic E-state index is 14.2. The third-order valence-electron chi connectivity index (χ3n) is 9.10. The standard InChI is InChI=1S/C36H37ClF3N7O6/c1-52-34-18(14-41-15-19-13-28(48)33(51)43-19)9-11-26(46-34)24-8-4-7-23(30(24)37)20-5-3-6-22-21(20)10-12-25(22)45-32-31(36(38,39)40)44-27(35(47-32)53-2)16-42-17-29(49)50/h3-9,11,19,25,28,41-42,48H,10,12-17H2,1-2H3,(H,43,51)(H,45,47)(H,49,50)/t19-,25-,28?/m0/s1. The van der Waals surface area contributed by atoms with Gasteiger partial charge in [-0.3, -0.25) is 9.59 Å². The van der Waals surface area contributed by atoms with Crippen LogP contribution in [0.1, 0.15) is 47.0 Å². The first-order valence-corrected chi connectivity index (χ1v) is 17.1. The van der Waals surface area contributed by atoms with Crippen LogP contribution in [-0.2, 0) is 35.3 Å². The number of aliphatic hydroxyl groups excluding tert-OH is 1. The summed E-state index contributed by atoms with van der Waals surface area (Å²) in [5, 5.41) is 30.5. The molecule has 0 spiro atoms. The van der Waals surface area contributed by atoms with E-state index in [2.05, 4.69) is 31.2 Å². The molecule has 6 rings (SSSR count). The van der Waals surface area contributed by atoms with Crippen LogP contribution >= 0.6 is 11.6 Å². The van der Waals surface area contributed by atoms with Crippen molar-refractivity contribution in [2.75, 3.05) is 32.6 Å². The number of hydrogen-bond donors (Lipinski definition) is 6. The van der Waals surface area contributed by atoms with Crippen molar-refractivity contribution in [2.24, 2.45) is 0 Å². The molecule has 1 saturated heterocycles. The Morgan fingerprint density at radius 2 is 1.72 bits per heavy atom. The lowest BCUT2D eigenvalue weighted by Crippen LogP contribution is -2.35. The number of anilines is 1. The number of rotatable bonds is 14. The predicted molar refractivity (Wildman–Crippen MR) is 189 cm³/mol. The molecule has 1 unspecified atom stereocenters. The van der Waals surface area contributed by atoms with Gasteiger partial charge in [-0.05, 0) is 35.6 Å². The summed E-state index contributed by atoms with van der Waals surface area (Å²) in [6.45, 7) is 0.103. The zero-order chi connectivity index (χ0) is 37.9. The fourth-order valence-corrected chi connectivity index (χ4v) is 6.98. The molecule has 0 radical (unpaired) electrons. The second kappa shape index (κ2) is 15.9. The number of aliphatic hydroxyl groups is 1. The van der Waals surface area contributed by atoms with Gasteiger partial charge < -0.3 is 41.0 Å². The second-order valence-corrected chi connectivity index (χ2v) is 13.0. The number of methoxy groups -OCH3 is 2. The zero-order valence-corrected chi connectivity index (χ0v) is 29.4. The zero-order valence-electron chi connectivity index (χ0n) is 28.7. The number of nitrogens with zero attached hydrogens (tertiary/aromatic N) is 3. The van der Waals surface area contributed by atoms with Gasteiger partial charge in [0.25, 0.3) is 0 Å². The Balaban J connectivity index is 1.24. The molecule has 4 aromatic rings. The molecule has 6 N–H and O–H groups in total. The molecule has 17 heteroatoms. The Bertz CT molecular complexity index is 2020. The van der Waals surface area contributed by atoms with Crippen molar-refractivity contribution in [1.82, 2.24) is 30.9 Å². The number of carboxylic acid groups (broad SMARTS) is 1. The summed E-state index contributed by atoms with van der Waals surface area (Å²) < 4.78 is 53.6. The Kier molecular flexibility index (Phi) is 11.3. The van der Waals surface area contributed by atoms with E-state index >= 15 is 0 Å². The normalized spacial score (nSPS) is 18.1. The minimum absolute atomic E-state index is 0.164. The highest BCUT2D eigenvalue weighted by Gasteiger charge is 2.39. The van der Waals surface area contributed by atoms with Crippen LogP contribution in [0.15, 0.2) is 48.5 Å². The third kappa shape index (κ3) is 8.30. The van der Waals surface area contributed by atoms with Crippen LogP contribution in [0.4, 0.5) is 19.0 Å². The highest BCUT2D eigenvalue weighted by molar-refractivity contribution is 6.36. The molecule has 2 aromatic heterocycles. The summed E-state index contributed by atoms with van der Waals surface area (Å²) in [4.78, 5) is 35.1. The van der Waals surface area contributed by atoms with Gasteiger partial charge in [0.2, 0.25) is 17.7 Å². The Hall–Kier alpha value is -5.03. The number of aliphatic carboxylic acids is 1. The summed E-state index contributed by atoms with van der Waals surface area (Å²) in [5.74, 6) is -1.82. The molecule has 1 aliphatic carbocycles. The maximum Gasteiger partial charge on any atom is 0.437 e. The molecule has 0 bridgehead atoms. The molecular formula is C36H37ClF3N7O6. The monoisotopic (exact) mass is 755 g/mol. The number of alkyl halides is 3. The minimum Gasteiger partial charge on any atom is -0.481 e. The van der Waals surface area contributed by atoms with Crippen molar-refractivity contribution < 1.29 is 42.4 Å². The molecular weight excluding hydrogens is 719 g/mol. The number of nitrogens with one attached hydrogen (secondary N) is 4. The maximum atomic E-state index is 14.2. The van der Waals surface area contributed by atoms with Crippen LogP contribution in [0.25, 0.3) is 22.4 Å². The van der Waals surface area contributed by atoms with Gasteiger partial charge in [-0.1, -0.05) is 54.1 Å². The van der Waals surface area contributed by atoms with E-state index in [1.165, 1.54) is 14.2 Å². The lowest BCUT2D eigenvalue weighted by atomic mass is 9.94. The molecule has 2 aromatic carbocycles. The number of benzene rings is 2. The summed E-state index contributed by atoms with van der Waals surface area (Å²) in [7, 11) is 2.77. The Labute approximate surface area is 307 Å². The van der Waals surface area contributed by atoms with Crippen molar-refractivity contribution in [1.29, 1.82) is 0 Å². The first-order valence-electron chi connectivity index (χ1n) is 16.7. The molecule has 13 nitrogen and oxygen atoms in total. The van der Waals surface area contributed by atoms with E-state index in [1.54, 1.807) is 0 Å². The molecule has 1 amide bonds. The van der Waals surface area contributed by atoms with Gasteiger partial charge in [0.05, 0.1) is 37.5 Å². The number of pyridine rings is 1. The minimum atomic E-state index is -4.86. The van der Waals surface area contributed by atoms with Crippen molar-refractivity contribution in [3.8, 4) is 34.1 Å². The predicted octanol–water partition coefficient (Wildman–Crippen LogP) is 4.51. The third-order valence-corrected chi connectivity index (χ3v) is 9.51. The lowest BCUT2D eigenvalue weighted by molar-refractivity contribution is -0.141. The average molecular weight is 756 g/mol. The molecule has 1 fully saturated rings. The van der Waals surface area contributed by atoms with Gasteiger partial charge in [0.15, 0.2) is 11.5 Å². The Morgan fingerprint density at radius 3 is 2.42 bits per heavy atom. The summed E-state index contributed by atoms with van der Waals surface area (Å²) in [6.07, 6.45) is -4.50. The van der Waals surface area contributed by atoms with Gasteiger partial charge in [-0.2, -0.15) is 18.2 Å². The smallest absolute Gasteiger partial charge is 0.437 e. The van der Waals surface area contributed by atoms with E-state index in [1.807, 2.05) is 48.5 Å². The number of carbonyl (C=O) groups is 2. The van der Waals surface area contributed by atoms with Crippen LogP contribution in [0, 0.1) is 0 Å². The number of carbonyl (C=O) groups excluding carboxylic acids is 1. The van der Waals surface area contributed by atoms with Crippen molar-refractivity contribution in [3.63, 3.8) is 0 Å². The molecule has 53 heavy (non-hydrogen) atoms. The average Bonchev–Trinajstić information content (AvgIpc) is 3.69. The van der Waals surface area contributed by atoms with E-state index < -0.39 is 42.3 Å².